The molecule has 1 aliphatic heterocycles. The summed E-state index contributed by atoms with van der Waals surface area (Å²) in [4.78, 5) is 14.2. The highest BCUT2D eigenvalue weighted by Gasteiger charge is 2.43. The number of benzene rings is 1. The molecule has 1 saturated heterocycles. The molecule has 1 fully saturated rings. The average Bonchev–Trinajstić information content (AvgIpc) is 2.79. The molecule has 22 heavy (non-hydrogen) atoms. The van der Waals surface area contributed by atoms with Crippen LogP contribution < -0.4 is 9.47 Å². The Morgan fingerprint density at radius 3 is 2.14 bits per heavy atom. The number of hydrogen-bond acceptors (Lipinski definition) is 5. The van der Waals surface area contributed by atoms with E-state index < -0.39 is 15.4 Å². The summed E-state index contributed by atoms with van der Waals surface area (Å²) in [5.74, 6) is 0.878. The van der Waals surface area contributed by atoms with Gasteiger partial charge < -0.3 is 14.4 Å². The third-order valence-electron chi connectivity index (χ3n) is 4.20. The van der Waals surface area contributed by atoms with E-state index in [0.717, 1.165) is 0 Å². The van der Waals surface area contributed by atoms with Gasteiger partial charge in [0.2, 0.25) is 0 Å². The first kappa shape index (κ1) is 16.6. The zero-order valence-corrected chi connectivity index (χ0v) is 14.1. The predicted octanol–water partition coefficient (Wildman–Crippen LogP) is 1.35. The minimum absolute atomic E-state index is 0.0106. The molecule has 122 valence electrons. The Labute approximate surface area is 130 Å². The standard InChI is InChI=1S/C15H21NO5S/c1-15(5-6-22(18,19)10-15)16(2)14(17)11-7-12(20-3)9-13(8-11)21-4/h7-9H,5-6,10H2,1-4H3/t15-/m0/s1. The lowest BCUT2D eigenvalue weighted by molar-refractivity contribution is 0.0637. The quantitative estimate of drug-likeness (QED) is 0.835. The number of nitrogens with zero attached hydrogens (tertiary/aromatic N) is 1. The van der Waals surface area contributed by atoms with E-state index in [2.05, 4.69) is 0 Å². The van der Waals surface area contributed by atoms with Crippen molar-refractivity contribution in [1.29, 1.82) is 0 Å². The van der Waals surface area contributed by atoms with Crippen LogP contribution in [0.4, 0.5) is 0 Å². The summed E-state index contributed by atoms with van der Waals surface area (Å²) in [6, 6.07) is 4.92. The van der Waals surface area contributed by atoms with Gasteiger partial charge in [0.05, 0.1) is 31.3 Å². The maximum Gasteiger partial charge on any atom is 0.254 e. The number of carbonyl (C=O) groups excluding carboxylic acids is 1. The molecule has 0 bridgehead atoms. The molecule has 0 radical (unpaired) electrons. The van der Waals surface area contributed by atoms with Gasteiger partial charge in [-0.05, 0) is 25.5 Å². The largest absolute Gasteiger partial charge is 0.497 e. The Morgan fingerprint density at radius 1 is 1.18 bits per heavy atom. The van der Waals surface area contributed by atoms with Gasteiger partial charge in [0.15, 0.2) is 9.84 Å². The molecule has 0 aromatic heterocycles. The number of amides is 1. The molecule has 1 aromatic rings. The molecular formula is C15H21NO5S. The van der Waals surface area contributed by atoms with Crippen molar-refractivity contribution in [3.8, 4) is 11.5 Å². The lowest BCUT2D eigenvalue weighted by atomic mass is 9.98. The molecule has 0 saturated carbocycles. The minimum Gasteiger partial charge on any atom is -0.497 e. The molecule has 1 atom stereocenters. The number of rotatable bonds is 4. The van der Waals surface area contributed by atoms with Gasteiger partial charge in [0.25, 0.3) is 5.91 Å². The minimum atomic E-state index is -3.08. The van der Waals surface area contributed by atoms with Gasteiger partial charge in [0.1, 0.15) is 11.5 Å². The van der Waals surface area contributed by atoms with Gasteiger partial charge in [-0.1, -0.05) is 0 Å². The molecule has 0 aliphatic carbocycles. The van der Waals surface area contributed by atoms with E-state index in [0.29, 0.717) is 23.5 Å². The van der Waals surface area contributed by atoms with Crippen molar-refractivity contribution in [1.82, 2.24) is 4.90 Å². The molecular weight excluding hydrogens is 306 g/mol. The van der Waals surface area contributed by atoms with Gasteiger partial charge >= 0.3 is 0 Å². The van der Waals surface area contributed by atoms with E-state index >= 15 is 0 Å². The average molecular weight is 327 g/mol. The van der Waals surface area contributed by atoms with Crippen molar-refractivity contribution < 1.29 is 22.7 Å². The molecule has 0 spiro atoms. The van der Waals surface area contributed by atoms with E-state index in [1.54, 1.807) is 32.2 Å². The molecule has 1 heterocycles. The lowest BCUT2D eigenvalue weighted by Gasteiger charge is -2.34. The normalized spacial score (nSPS) is 23.1. The second kappa shape index (κ2) is 5.79. The highest BCUT2D eigenvalue weighted by Crippen LogP contribution is 2.31. The highest BCUT2D eigenvalue weighted by molar-refractivity contribution is 7.91. The van der Waals surface area contributed by atoms with E-state index in [1.165, 1.54) is 19.1 Å². The van der Waals surface area contributed by atoms with Crippen molar-refractivity contribution >= 4 is 15.7 Å². The van der Waals surface area contributed by atoms with Crippen LogP contribution in [-0.4, -0.2) is 57.5 Å². The fourth-order valence-electron chi connectivity index (χ4n) is 2.63. The third kappa shape index (κ3) is 3.19. The topological polar surface area (TPSA) is 72.9 Å². The molecule has 0 unspecified atom stereocenters. The Kier molecular flexibility index (Phi) is 4.37. The molecule has 1 amide bonds. The summed E-state index contributed by atoms with van der Waals surface area (Å²) in [7, 11) is 1.57. The maximum absolute atomic E-state index is 12.7. The van der Waals surface area contributed by atoms with Crippen LogP contribution in [0.2, 0.25) is 0 Å². The van der Waals surface area contributed by atoms with Gasteiger partial charge in [0, 0.05) is 18.7 Å². The smallest absolute Gasteiger partial charge is 0.254 e. The first-order chi connectivity index (χ1) is 10.2. The Morgan fingerprint density at radius 2 is 1.73 bits per heavy atom. The van der Waals surface area contributed by atoms with Crippen LogP contribution >= 0.6 is 0 Å². The second-order valence-corrected chi connectivity index (χ2v) is 7.99. The molecule has 1 aliphatic rings. The SMILES string of the molecule is COc1cc(OC)cc(C(=O)N(C)[C@@]2(C)CCS(=O)(=O)C2)c1. The van der Waals surface area contributed by atoms with E-state index in [-0.39, 0.29) is 17.4 Å². The maximum atomic E-state index is 12.7. The first-order valence-electron chi connectivity index (χ1n) is 6.92. The van der Waals surface area contributed by atoms with Crippen LogP contribution in [0.3, 0.4) is 0 Å². The van der Waals surface area contributed by atoms with Gasteiger partial charge in [-0.3, -0.25) is 4.79 Å². The summed E-state index contributed by atoms with van der Waals surface area (Å²) in [5, 5.41) is 0. The first-order valence-corrected chi connectivity index (χ1v) is 8.74. The fourth-order valence-corrected chi connectivity index (χ4v) is 4.81. The summed E-state index contributed by atoms with van der Waals surface area (Å²) < 4.78 is 33.8. The molecule has 6 nitrogen and oxygen atoms in total. The van der Waals surface area contributed by atoms with Crippen molar-refractivity contribution in [2.45, 2.75) is 18.9 Å². The van der Waals surface area contributed by atoms with E-state index in [9.17, 15) is 13.2 Å². The molecule has 2 rings (SSSR count). The van der Waals surface area contributed by atoms with Crippen LogP contribution in [0.5, 0.6) is 11.5 Å². The van der Waals surface area contributed by atoms with Crippen LogP contribution in [0.25, 0.3) is 0 Å². The fraction of sp³-hybridized carbons (Fsp3) is 0.533. The Bertz CT molecular complexity index is 663. The van der Waals surface area contributed by atoms with Crippen molar-refractivity contribution in [3.05, 3.63) is 23.8 Å². The molecule has 0 N–H and O–H groups in total. The van der Waals surface area contributed by atoms with Crippen molar-refractivity contribution in [2.24, 2.45) is 0 Å². The summed E-state index contributed by atoms with van der Waals surface area (Å²) >= 11 is 0. The van der Waals surface area contributed by atoms with E-state index in [4.69, 9.17) is 9.47 Å². The zero-order valence-electron chi connectivity index (χ0n) is 13.3. The molecule has 7 heteroatoms. The monoisotopic (exact) mass is 327 g/mol. The Balaban J connectivity index is 2.31. The van der Waals surface area contributed by atoms with E-state index in [1.807, 2.05) is 0 Å². The van der Waals surface area contributed by atoms with Crippen LogP contribution in [0.1, 0.15) is 23.7 Å². The van der Waals surface area contributed by atoms with Crippen molar-refractivity contribution in [3.63, 3.8) is 0 Å². The van der Waals surface area contributed by atoms with Crippen molar-refractivity contribution in [2.75, 3.05) is 32.8 Å². The number of methoxy groups -OCH3 is 2. The number of hydrogen-bond donors (Lipinski definition) is 0. The third-order valence-corrected chi connectivity index (χ3v) is 6.08. The second-order valence-electron chi connectivity index (χ2n) is 5.80. The number of ether oxygens (including phenoxy) is 2. The van der Waals surface area contributed by atoms with Crippen LogP contribution in [-0.2, 0) is 9.84 Å². The van der Waals surface area contributed by atoms with Gasteiger partial charge in [-0.15, -0.1) is 0 Å². The van der Waals surface area contributed by atoms with Crippen LogP contribution in [0.15, 0.2) is 18.2 Å². The summed E-state index contributed by atoms with van der Waals surface area (Å²) in [6.45, 7) is 1.80. The highest BCUT2D eigenvalue weighted by atomic mass is 32.2. The zero-order chi connectivity index (χ0) is 16.5. The van der Waals surface area contributed by atoms with Gasteiger partial charge in [-0.2, -0.15) is 0 Å². The number of carbonyl (C=O) groups is 1. The summed E-state index contributed by atoms with van der Waals surface area (Å²) in [6.07, 6.45) is 0.443. The number of sulfone groups is 1. The summed E-state index contributed by atoms with van der Waals surface area (Å²) in [5.41, 5.74) is -0.282. The molecule has 1 aromatic carbocycles. The van der Waals surface area contributed by atoms with Crippen LogP contribution in [0, 0.1) is 0 Å². The lowest BCUT2D eigenvalue weighted by Crippen LogP contribution is -2.48. The Hall–Kier alpha value is -1.76. The predicted molar refractivity (Wildman–Crippen MR) is 83.3 cm³/mol. The van der Waals surface area contributed by atoms with Gasteiger partial charge in [-0.25, -0.2) is 8.42 Å².